The molecule has 0 radical (unpaired) electrons. The minimum atomic E-state index is 0.149. The van der Waals surface area contributed by atoms with Gasteiger partial charge >= 0.3 is 0 Å². The van der Waals surface area contributed by atoms with Crippen LogP contribution >= 0.6 is 0 Å². The summed E-state index contributed by atoms with van der Waals surface area (Å²) in [5.74, 6) is 0.586. The van der Waals surface area contributed by atoms with E-state index in [9.17, 15) is 9.59 Å². The first kappa shape index (κ1) is 13.3. The molecule has 5 heteroatoms. The van der Waals surface area contributed by atoms with Gasteiger partial charge in [0, 0.05) is 39.1 Å². The number of rotatable bonds is 5. The van der Waals surface area contributed by atoms with Crippen molar-refractivity contribution in [3.8, 4) is 0 Å². The SMILES string of the molecule is O=C(NCCCN1CCCCCC1=O)C1CNC1. The Labute approximate surface area is 108 Å². The molecule has 2 heterocycles. The maximum absolute atomic E-state index is 11.7. The number of hydrogen-bond acceptors (Lipinski definition) is 3. The molecule has 102 valence electrons. The van der Waals surface area contributed by atoms with Crippen LogP contribution in [0.5, 0.6) is 0 Å². The molecule has 2 amide bonds. The molecule has 0 spiro atoms. The van der Waals surface area contributed by atoms with E-state index in [0.717, 1.165) is 51.9 Å². The summed E-state index contributed by atoms with van der Waals surface area (Å²) in [4.78, 5) is 25.2. The van der Waals surface area contributed by atoms with Crippen molar-refractivity contribution < 1.29 is 9.59 Å². The zero-order valence-electron chi connectivity index (χ0n) is 10.9. The van der Waals surface area contributed by atoms with Crippen molar-refractivity contribution >= 4 is 11.8 Å². The Bertz CT molecular complexity index is 303. The second-order valence-corrected chi connectivity index (χ2v) is 5.19. The van der Waals surface area contributed by atoms with E-state index in [4.69, 9.17) is 0 Å². The van der Waals surface area contributed by atoms with Crippen molar-refractivity contribution in [1.29, 1.82) is 0 Å². The molecule has 2 aliphatic heterocycles. The van der Waals surface area contributed by atoms with Gasteiger partial charge < -0.3 is 15.5 Å². The van der Waals surface area contributed by atoms with Gasteiger partial charge in [0.05, 0.1) is 5.92 Å². The summed E-state index contributed by atoms with van der Waals surface area (Å²) >= 11 is 0. The van der Waals surface area contributed by atoms with Crippen molar-refractivity contribution in [1.82, 2.24) is 15.5 Å². The predicted octanol–water partition coefficient (Wildman–Crippen LogP) is 0.115. The third-order valence-electron chi connectivity index (χ3n) is 3.73. The van der Waals surface area contributed by atoms with Crippen LogP contribution < -0.4 is 10.6 Å². The van der Waals surface area contributed by atoms with Crippen molar-refractivity contribution in [3.63, 3.8) is 0 Å². The fourth-order valence-corrected chi connectivity index (χ4v) is 2.37. The molecule has 18 heavy (non-hydrogen) atoms. The smallest absolute Gasteiger partial charge is 0.225 e. The molecule has 0 aliphatic carbocycles. The third-order valence-corrected chi connectivity index (χ3v) is 3.73. The second-order valence-electron chi connectivity index (χ2n) is 5.19. The van der Waals surface area contributed by atoms with E-state index < -0.39 is 0 Å². The van der Waals surface area contributed by atoms with E-state index in [1.54, 1.807) is 0 Å². The lowest BCUT2D eigenvalue weighted by molar-refractivity contribution is -0.130. The van der Waals surface area contributed by atoms with Crippen LogP contribution in [0, 0.1) is 5.92 Å². The highest BCUT2D eigenvalue weighted by Gasteiger charge is 2.24. The Morgan fingerprint density at radius 3 is 2.89 bits per heavy atom. The summed E-state index contributed by atoms with van der Waals surface area (Å²) < 4.78 is 0. The molecule has 0 saturated carbocycles. The second kappa shape index (κ2) is 6.73. The van der Waals surface area contributed by atoms with E-state index in [1.807, 2.05) is 4.90 Å². The fourth-order valence-electron chi connectivity index (χ4n) is 2.37. The van der Waals surface area contributed by atoms with Crippen molar-refractivity contribution in [2.24, 2.45) is 5.92 Å². The van der Waals surface area contributed by atoms with Gasteiger partial charge in [-0.1, -0.05) is 6.42 Å². The van der Waals surface area contributed by atoms with Crippen molar-refractivity contribution in [2.75, 3.05) is 32.7 Å². The van der Waals surface area contributed by atoms with Crippen LogP contribution in [0.15, 0.2) is 0 Å². The Morgan fingerprint density at radius 1 is 1.33 bits per heavy atom. The molecule has 0 aromatic heterocycles. The van der Waals surface area contributed by atoms with E-state index in [-0.39, 0.29) is 17.7 Å². The number of likely N-dealkylation sites (tertiary alicyclic amines) is 1. The van der Waals surface area contributed by atoms with E-state index in [0.29, 0.717) is 13.0 Å². The maximum Gasteiger partial charge on any atom is 0.225 e. The van der Waals surface area contributed by atoms with Gasteiger partial charge in [0.15, 0.2) is 0 Å². The van der Waals surface area contributed by atoms with Gasteiger partial charge in [0.2, 0.25) is 11.8 Å². The molecule has 0 unspecified atom stereocenters. The Kier molecular flexibility index (Phi) is 4.99. The topological polar surface area (TPSA) is 61.4 Å². The summed E-state index contributed by atoms with van der Waals surface area (Å²) in [5.41, 5.74) is 0. The van der Waals surface area contributed by atoms with E-state index in [2.05, 4.69) is 10.6 Å². The van der Waals surface area contributed by atoms with E-state index >= 15 is 0 Å². The summed E-state index contributed by atoms with van der Waals surface area (Å²) in [6, 6.07) is 0. The van der Waals surface area contributed by atoms with Crippen molar-refractivity contribution in [2.45, 2.75) is 32.1 Å². The zero-order valence-corrected chi connectivity index (χ0v) is 10.9. The average Bonchev–Trinajstić information content (AvgIpc) is 2.47. The molecular weight excluding hydrogens is 230 g/mol. The predicted molar refractivity (Wildman–Crippen MR) is 69.0 cm³/mol. The summed E-state index contributed by atoms with van der Waals surface area (Å²) in [7, 11) is 0. The van der Waals surface area contributed by atoms with Crippen LogP contribution in [0.25, 0.3) is 0 Å². The minimum Gasteiger partial charge on any atom is -0.356 e. The lowest BCUT2D eigenvalue weighted by Gasteiger charge is -2.26. The number of carbonyl (C=O) groups is 2. The molecule has 2 fully saturated rings. The van der Waals surface area contributed by atoms with Gasteiger partial charge in [-0.25, -0.2) is 0 Å². The molecule has 0 bridgehead atoms. The maximum atomic E-state index is 11.7. The molecule has 0 aromatic rings. The monoisotopic (exact) mass is 253 g/mol. The number of amides is 2. The number of carbonyl (C=O) groups excluding carboxylic acids is 2. The third kappa shape index (κ3) is 3.70. The first-order valence-corrected chi connectivity index (χ1v) is 7.03. The Morgan fingerprint density at radius 2 is 2.17 bits per heavy atom. The van der Waals surface area contributed by atoms with Crippen molar-refractivity contribution in [3.05, 3.63) is 0 Å². The van der Waals surface area contributed by atoms with Gasteiger partial charge in [-0.05, 0) is 19.3 Å². The van der Waals surface area contributed by atoms with Crippen LogP contribution in [-0.4, -0.2) is 49.4 Å². The first-order valence-electron chi connectivity index (χ1n) is 7.03. The minimum absolute atomic E-state index is 0.149. The van der Waals surface area contributed by atoms with E-state index in [1.165, 1.54) is 0 Å². The van der Waals surface area contributed by atoms with Crippen LogP contribution in [0.3, 0.4) is 0 Å². The largest absolute Gasteiger partial charge is 0.356 e. The summed E-state index contributed by atoms with van der Waals surface area (Å²) in [5, 5.41) is 6.02. The summed E-state index contributed by atoms with van der Waals surface area (Å²) in [6.45, 7) is 3.95. The van der Waals surface area contributed by atoms with Gasteiger partial charge in [-0.2, -0.15) is 0 Å². The molecule has 5 nitrogen and oxygen atoms in total. The van der Waals surface area contributed by atoms with Crippen LogP contribution in [-0.2, 0) is 9.59 Å². The fraction of sp³-hybridized carbons (Fsp3) is 0.846. The van der Waals surface area contributed by atoms with Gasteiger partial charge in [-0.3, -0.25) is 9.59 Å². The molecular formula is C13H23N3O2. The molecule has 0 aromatic carbocycles. The normalized spacial score (nSPS) is 21.3. The number of hydrogen-bond donors (Lipinski definition) is 2. The number of nitrogens with zero attached hydrogens (tertiary/aromatic N) is 1. The van der Waals surface area contributed by atoms with Crippen LogP contribution in [0.1, 0.15) is 32.1 Å². The Hall–Kier alpha value is -1.10. The highest BCUT2D eigenvalue weighted by molar-refractivity contribution is 5.80. The van der Waals surface area contributed by atoms with Crippen LogP contribution in [0.2, 0.25) is 0 Å². The average molecular weight is 253 g/mol. The molecule has 2 saturated heterocycles. The lowest BCUT2D eigenvalue weighted by Crippen LogP contribution is -2.51. The molecule has 2 aliphatic rings. The van der Waals surface area contributed by atoms with Gasteiger partial charge in [-0.15, -0.1) is 0 Å². The van der Waals surface area contributed by atoms with Gasteiger partial charge in [0.25, 0.3) is 0 Å². The van der Waals surface area contributed by atoms with Crippen LogP contribution in [0.4, 0.5) is 0 Å². The lowest BCUT2D eigenvalue weighted by atomic mass is 10.0. The molecule has 0 atom stereocenters. The molecule has 2 N–H and O–H groups in total. The summed E-state index contributed by atoms with van der Waals surface area (Å²) in [6.07, 6.45) is 4.86. The molecule has 2 rings (SSSR count). The highest BCUT2D eigenvalue weighted by atomic mass is 16.2. The van der Waals surface area contributed by atoms with Gasteiger partial charge in [0.1, 0.15) is 0 Å². The highest BCUT2D eigenvalue weighted by Crippen LogP contribution is 2.11. The zero-order chi connectivity index (χ0) is 12.8. The quantitative estimate of drug-likeness (QED) is 0.684. The first-order chi connectivity index (χ1) is 8.77. The Balaban J connectivity index is 1.59. The number of nitrogens with one attached hydrogen (secondary N) is 2. The standard InChI is InChI=1S/C13H23N3O2/c17-12-5-2-1-3-7-16(12)8-4-6-15-13(18)11-9-14-10-11/h11,14H,1-10H2,(H,15,18).